The molecule has 7 nitrogen and oxygen atoms in total. The lowest BCUT2D eigenvalue weighted by Crippen LogP contribution is -2.09. The number of thiazole rings is 1. The zero-order valence-electron chi connectivity index (χ0n) is 18.7. The fourth-order valence-corrected chi connectivity index (χ4v) is 4.84. The van der Waals surface area contributed by atoms with Crippen LogP contribution in [-0.4, -0.2) is 30.1 Å². The van der Waals surface area contributed by atoms with Gasteiger partial charge < -0.3 is 14.8 Å². The van der Waals surface area contributed by atoms with Crippen LogP contribution in [0.15, 0.2) is 35.8 Å². The van der Waals surface area contributed by atoms with Crippen molar-refractivity contribution in [2.45, 2.75) is 27.7 Å². The Morgan fingerprint density at radius 1 is 1.12 bits per heavy atom. The molecule has 0 saturated heterocycles. The van der Waals surface area contributed by atoms with Gasteiger partial charge in [-0.3, -0.25) is 0 Å². The summed E-state index contributed by atoms with van der Waals surface area (Å²) in [5.41, 5.74) is 3.92. The molecule has 0 amide bonds. The van der Waals surface area contributed by atoms with E-state index in [0.717, 1.165) is 28.2 Å². The van der Waals surface area contributed by atoms with Crippen LogP contribution >= 0.6 is 22.7 Å². The number of aryl methyl sites for hydroxylation is 1. The molecule has 3 aromatic rings. The van der Waals surface area contributed by atoms with Crippen molar-refractivity contribution in [1.82, 2.24) is 4.98 Å². The normalized spacial score (nSPS) is 11.1. The highest BCUT2D eigenvalue weighted by atomic mass is 32.1. The van der Waals surface area contributed by atoms with E-state index in [2.05, 4.69) is 16.4 Å². The minimum absolute atomic E-state index is 0.197. The fourth-order valence-electron chi connectivity index (χ4n) is 2.99. The average molecular weight is 482 g/mol. The lowest BCUT2D eigenvalue weighted by atomic mass is 10.1. The first kappa shape index (κ1) is 24.2. The molecule has 0 fully saturated rings. The van der Waals surface area contributed by atoms with Crippen molar-refractivity contribution < 1.29 is 19.1 Å². The number of hydrogen-bond donors (Lipinski definition) is 1. The number of thiophene rings is 1. The Kier molecular flexibility index (Phi) is 7.98. The van der Waals surface area contributed by atoms with E-state index in [-0.39, 0.29) is 18.8 Å². The predicted octanol–water partition coefficient (Wildman–Crippen LogP) is 5.82. The smallest absolute Gasteiger partial charge is 0.348 e. The molecular formula is C24H23N3O4S2. The number of allylic oxidation sites excluding steroid dienone is 1. The first-order chi connectivity index (χ1) is 15.9. The molecule has 0 unspecified atom stereocenters. The zero-order chi connectivity index (χ0) is 24.0. The fraction of sp³-hybridized carbons (Fsp3) is 0.250. The molecule has 0 aliphatic rings. The van der Waals surface area contributed by atoms with Gasteiger partial charge in [-0.1, -0.05) is 29.8 Å². The third-order valence-electron chi connectivity index (χ3n) is 4.64. The summed E-state index contributed by atoms with van der Waals surface area (Å²) in [4.78, 5) is 29.8. The first-order valence-electron chi connectivity index (χ1n) is 10.3. The highest BCUT2D eigenvalue weighted by molar-refractivity contribution is 7.18. The molecule has 3 rings (SSSR count). The van der Waals surface area contributed by atoms with Gasteiger partial charge in [0, 0.05) is 17.1 Å². The highest BCUT2D eigenvalue weighted by Crippen LogP contribution is 2.35. The molecule has 1 N–H and O–H groups in total. The van der Waals surface area contributed by atoms with Crippen molar-refractivity contribution in [3.05, 3.63) is 62.4 Å². The molecule has 0 aliphatic heterocycles. The van der Waals surface area contributed by atoms with E-state index in [9.17, 15) is 14.9 Å². The van der Waals surface area contributed by atoms with Gasteiger partial charge in [0.25, 0.3) is 0 Å². The number of ether oxygens (including phenoxy) is 2. The van der Waals surface area contributed by atoms with Crippen LogP contribution in [0.2, 0.25) is 0 Å². The Morgan fingerprint density at radius 2 is 1.79 bits per heavy atom. The van der Waals surface area contributed by atoms with E-state index >= 15 is 0 Å². The topological polar surface area (TPSA) is 101 Å². The van der Waals surface area contributed by atoms with Gasteiger partial charge in [-0.15, -0.1) is 22.7 Å². The summed E-state index contributed by atoms with van der Waals surface area (Å²) in [6.45, 7) is 7.53. The number of hydrogen-bond acceptors (Lipinski definition) is 9. The van der Waals surface area contributed by atoms with E-state index in [1.54, 1.807) is 20.8 Å². The maximum atomic E-state index is 12.5. The Bertz CT molecular complexity index is 1230. The molecular weight excluding hydrogens is 458 g/mol. The number of nitriles is 1. The van der Waals surface area contributed by atoms with Crippen LogP contribution in [0.25, 0.3) is 16.8 Å². The molecule has 0 aliphatic carbocycles. The zero-order valence-corrected chi connectivity index (χ0v) is 20.4. The van der Waals surface area contributed by atoms with Crippen LogP contribution in [0.3, 0.4) is 0 Å². The van der Waals surface area contributed by atoms with Crippen molar-refractivity contribution in [3.63, 3.8) is 0 Å². The Labute approximate surface area is 200 Å². The van der Waals surface area contributed by atoms with Crippen LogP contribution in [0.1, 0.15) is 50.0 Å². The number of benzene rings is 1. The molecule has 0 bridgehead atoms. The van der Waals surface area contributed by atoms with Crippen molar-refractivity contribution in [1.29, 1.82) is 5.26 Å². The molecule has 2 heterocycles. The third-order valence-corrected chi connectivity index (χ3v) is 6.72. The van der Waals surface area contributed by atoms with Gasteiger partial charge in [-0.2, -0.15) is 5.26 Å². The second-order valence-corrected chi connectivity index (χ2v) is 8.80. The number of esters is 2. The van der Waals surface area contributed by atoms with Gasteiger partial charge in [0.15, 0.2) is 0 Å². The maximum absolute atomic E-state index is 12.5. The van der Waals surface area contributed by atoms with Crippen molar-refractivity contribution in [2.24, 2.45) is 0 Å². The SMILES string of the molecule is CCOC(=O)c1sc(N/C=C(/C#N)c2nc(-c3ccc(C)cc3)cs2)c(C(=O)OCC)c1C. The van der Waals surface area contributed by atoms with E-state index in [1.807, 2.05) is 36.6 Å². The predicted molar refractivity (Wildman–Crippen MR) is 130 cm³/mol. The summed E-state index contributed by atoms with van der Waals surface area (Å²) >= 11 is 2.43. The molecule has 170 valence electrons. The van der Waals surface area contributed by atoms with Crippen molar-refractivity contribution in [3.8, 4) is 17.3 Å². The maximum Gasteiger partial charge on any atom is 0.348 e. The number of aromatic nitrogens is 1. The number of nitrogens with one attached hydrogen (secondary N) is 1. The van der Waals surface area contributed by atoms with E-state index in [1.165, 1.54) is 17.5 Å². The molecule has 0 spiro atoms. The summed E-state index contributed by atoms with van der Waals surface area (Å²) < 4.78 is 10.3. The van der Waals surface area contributed by atoms with Gasteiger partial charge in [0.1, 0.15) is 26.5 Å². The molecule has 2 aromatic heterocycles. The van der Waals surface area contributed by atoms with E-state index < -0.39 is 11.9 Å². The summed E-state index contributed by atoms with van der Waals surface area (Å²) in [7, 11) is 0. The summed E-state index contributed by atoms with van der Waals surface area (Å²) in [5.74, 6) is -1.06. The lowest BCUT2D eigenvalue weighted by molar-refractivity contribution is 0.0527. The monoisotopic (exact) mass is 481 g/mol. The Morgan fingerprint density at radius 3 is 2.42 bits per heavy atom. The number of anilines is 1. The minimum Gasteiger partial charge on any atom is -0.462 e. The van der Waals surface area contributed by atoms with Crippen LogP contribution in [0.4, 0.5) is 5.00 Å². The van der Waals surface area contributed by atoms with Crippen LogP contribution in [-0.2, 0) is 9.47 Å². The van der Waals surface area contributed by atoms with Crippen molar-refractivity contribution >= 4 is 45.2 Å². The molecule has 9 heteroatoms. The lowest BCUT2D eigenvalue weighted by Gasteiger charge is -2.05. The first-order valence-corrected chi connectivity index (χ1v) is 12.0. The Balaban J connectivity index is 1.93. The number of rotatable bonds is 8. The molecule has 0 atom stereocenters. The molecule has 0 radical (unpaired) electrons. The van der Waals surface area contributed by atoms with E-state index in [0.29, 0.717) is 26.0 Å². The summed E-state index contributed by atoms with van der Waals surface area (Å²) in [6, 6.07) is 10.1. The second kappa shape index (κ2) is 10.9. The van der Waals surface area contributed by atoms with Gasteiger partial charge in [0.05, 0.1) is 24.5 Å². The van der Waals surface area contributed by atoms with Gasteiger partial charge in [0.2, 0.25) is 0 Å². The number of nitrogens with zero attached hydrogens (tertiary/aromatic N) is 2. The van der Waals surface area contributed by atoms with Crippen molar-refractivity contribution in [2.75, 3.05) is 18.5 Å². The third kappa shape index (κ3) is 5.48. The number of carbonyl (C=O) groups is 2. The van der Waals surface area contributed by atoms with Crippen LogP contribution in [0, 0.1) is 25.2 Å². The molecule has 1 aromatic carbocycles. The molecule has 0 saturated carbocycles. The summed E-state index contributed by atoms with van der Waals surface area (Å²) in [6.07, 6.45) is 1.49. The van der Waals surface area contributed by atoms with Gasteiger partial charge in [-0.25, -0.2) is 14.6 Å². The van der Waals surface area contributed by atoms with Gasteiger partial charge >= 0.3 is 11.9 Å². The largest absolute Gasteiger partial charge is 0.462 e. The summed E-state index contributed by atoms with van der Waals surface area (Å²) in [5, 5.41) is 15.5. The standard InChI is InChI=1S/C24H23N3O4S2/c1-5-30-23(28)19-15(4)20(24(29)31-6-2)33-22(19)26-12-17(11-25)21-27-18(13-32-21)16-9-7-14(3)8-10-16/h7-10,12-13,26H,5-6H2,1-4H3/b17-12-. The quantitative estimate of drug-likeness (QED) is 0.319. The second-order valence-electron chi connectivity index (χ2n) is 6.92. The number of carbonyl (C=O) groups excluding carboxylic acids is 2. The van der Waals surface area contributed by atoms with Crippen LogP contribution in [0.5, 0.6) is 0 Å². The van der Waals surface area contributed by atoms with E-state index in [4.69, 9.17) is 9.47 Å². The van der Waals surface area contributed by atoms with Crippen LogP contribution < -0.4 is 5.32 Å². The average Bonchev–Trinajstić information content (AvgIpc) is 3.40. The highest BCUT2D eigenvalue weighted by Gasteiger charge is 2.26. The Hall–Kier alpha value is -3.48. The van der Waals surface area contributed by atoms with Gasteiger partial charge in [-0.05, 0) is 33.3 Å². The minimum atomic E-state index is -0.549. The molecule has 33 heavy (non-hydrogen) atoms.